The summed E-state index contributed by atoms with van der Waals surface area (Å²) in [6.07, 6.45) is 3.31. The van der Waals surface area contributed by atoms with Gasteiger partial charge in [-0.2, -0.15) is 0 Å². The summed E-state index contributed by atoms with van der Waals surface area (Å²) in [5.41, 5.74) is 8.76. The molecule has 0 radical (unpaired) electrons. The van der Waals surface area contributed by atoms with Crippen LogP contribution >= 0.6 is 0 Å². The fraction of sp³-hybridized carbons (Fsp3) is 0.182. The highest BCUT2D eigenvalue weighted by molar-refractivity contribution is 5.80. The molecule has 1 aromatic rings. The smallest absolute Gasteiger partial charge is 0.221 e. The monoisotopic (exact) mass is 173 g/mol. The number of hydrogen-bond donors (Lipinski definition) is 1. The fourth-order valence-corrected chi connectivity index (χ4v) is 1.69. The Morgan fingerprint density at radius 2 is 2.15 bits per heavy atom. The van der Waals surface area contributed by atoms with Gasteiger partial charge in [0.15, 0.2) is 0 Å². The number of rotatable bonds is 2. The minimum Gasteiger partial charge on any atom is -0.369 e. The van der Waals surface area contributed by atoms with Gasteiger partial charge in [0, 0.05) is 6.42 Å². The average Bonchev–Trinajstić information content (AvgIpc) is 2.44. The van der Waals surface area contributed by atoms with Gasteiger partial charge in [0.2, 0.25) is 5.91 Å². The number of fused-ring (bicyclic) bond motifs is 1. The molecule has 0 heterocycles. The van der Waals surface area contributed by atoms with Crippen LogP contribution in [-0.4, -0.2) is 5.91 Å². The van der Waals surface area contributed by atoms with Crippen molar-refractivity contribution in [3.63, 3.8) is 0 Å². The Kier molecular flexibility index (Phi) is 1.89. The van der Waals surface area contributed by atoms with E-state index in [4.69, 9.17) is 5.73 Å². The first kappa shape index (κ1) is 8.05. The molecule has 66 valence electrons. The standard InChI is InChI=1S/C11H11NO/c12-11(13)7-8-5-9-3-1-2-4-10(9)6-8/h1-5H,6-7H2,(H2,12,13). The van der Waals surface area contributed by atoms with Crippen molar-refractivity contribution in [3.05, 3.63) is 41.0 Å². The van der Waals surface area contributed by atoms with E-state index in [0.717, 1.165) is 12.0 Å². The molecule has 2 heteroatoms. The van der Waals surface area contributed by atoms with Gasteiger partial charge in [0.05, 0.1) is 0 Å². The predicted molar refractivity (Wildman–Crippen MR) is 51.9 cm³/mol. The molecule has 2 nitrogen and oxygen atoms in total. The second-order valence-corrected chi connectivity index (χ2v) is 3.32. The van der Waals surface area contributed by atoms with Crippen molar-refractivity contribution in [1.82, 2.24) is 0 Å². The van der Waals surface area contributed by atoms with Crippen LogP contribution in [0.25, 0.3) is 6.08 Å². The highest BCUT2D eigenvalue weighted by Crippen LogP contribution is 2.25. The van der Waals surface area contributed by atoms with Gasteiger partial charge in [-0.05, 0) is 17.5 Å². The molecule has 0 saturated heterocycles. The molecule has 0 atom stereocenters. The molecule has 0 bridgehead atoms. The third-order valence-corrected chi connectivity index (χ3v) is 2.23. The van der Waals surface area contributed by atoms with Crippen molar-refractivity contribution in [1.29, 1.82) is 0 Å². The molecule has 1 aliphatic carbocycles. The molecule has 2 rings (SSSR count). The van der Waals surface area contributed by atoms with Gasteiger partial charge in [0.25, 0.3) is 0 Å². The molecule has 0 saturated carbocycles. The van der Waals surface area contributed by atoms with E-state index in [1.807, 2.05) is 12.1 Å². The second kappa shape index (κ2) is 3.05. The predicted octanol–water partition coefficient (Wildman–Crippen LogP) is 1.50. The molecule has 0 aromatic heterocycles. The summed E-state index contributed by atoms with van der Waals surface area (Å²) < 4.78 is 0. The summed E-state index contributed by atoms with van der Waals surface area (Å²) in [5.74, 6) is -0.251. The topological polar surface area (TPSA) is 43.1 Å². The zero-order valence-corrected chi connectivity index (χ0v) is 7.29. The summed E-state index contributed by atoms with van der Waals surface area (Å²) in [6.45, 7) is 0. The molecule has 1 aromatic carbocycles. The summed E-state index contributed by atoms with van der Waals surface area (Å²) in [6, 6.07) is 8.16. The van der Waals surface area contributed by atoms with Crippen molar-refractivity contribution in [2.24, 2.45) is 5.73 Å². The van der Waals surface area contributed by atoms with Gasteiger partial charge in [-0.1, -0.05) is 35.9 Å². The van der Waals surface area contributed by atoms with E-state index in [1.54, 1.807) is 0 Å². The van der Waals surface area contributed by atoms with Crippen LogP contribution in [0.4, 0.5) is 0 Å². The Bertz CT molecular complexity index is 379. The summed E-state index contributed by atoms with van der Waals surface area (Å²) >= 11 is 0. The lowest BCUT2D eigenvalue weighted by molar-refractivity contribution is -0.117. The van der Waals surface area contributed by atoms with Gasteiger partial charge in [0.1, 0.15) is 0 Å². The van der Waals surface area contributed by atoms with E-state index >= 15 is 0 Å². The first-order valence-corrected chi connectivity index (χ1v) is 4.31. The summed E-state index contributed by atoms with van der Waals surface area (Å²) in [4.78, 5) is 10.7. The fourth-order valence-electron chi connectivity index (χ4n) is 1.69. The second-order valence-electron chi connectivity index (χ2n) is 3.32. The molecule has 0 fully saturated rings. The van der Waals surface area contributed by atoms with Crippen molar-refractivity contribution >= 4 is 12.0 Å². The van der Waals surface area contributed by atoms with E-state index in [2.05, 4.69) is 18.2 Å². The lowest BCUT2D eigenvalue weighted by atomic mass is 10.1. The number of hydrogen-bond acceptors (Lipinski definition) is 1. The van der Waals surface area contributed by atoms with Crippen LogP contribution in [0.5, 0.6) is 0 Å². The SMILES string of the molecule is NC(=O)CC1=Cc2ccccc2C1. The molecule has 13 heavy (non-hydrogen) atoms. The number of amides is 1. The van der Waals surface area contributed by atoms with E-state index in [1.165, 1.54) is 11.1 Å². The summed E-state index contributed by atoms with van der Waals surface area (Å²) in [5, 5.41) is 0. The molecule has 0 spiro atoms. The maximum Gasteiger partial charge on any atom is 0.221 e. The molecule has 1 aliphatic rings. The zero-order chi connectivity index (χ0) is 9.26. The number of benzene rings is 1. The lowest BCUT2D eigenvalue weighted by Gasteiger charge is -1.96. The maximum absolute atomic E-state index is 10.7. The largest absolute Gasteiger partial charge is 0.369 e. The number of nitrogens with two attached hydrogens (primary N) is 1. The zero-order valence-electron chi connectivity index (χ0n) is 7.29. The van der Waals surface area contributed by atoms with Gasteiger partial charge in [-0.25, -0.2) is 0 Å². The van der Waals surface area contributed by atoms with Crippen molar-refractivity contribution in [2.75, 3.05) is 0 Å². The Hall–Kier alpha value is -1.57. The van der Waals surface area contributed by atoms with Gasteiger partial charge < -0.3 is 5.73 Å². The van der Waals surface area contributed by atoms with Crippen LogP contribution < -0.4 is 5.73 Å². The molecule has 1 amide bonds. The first-order valence-electron chi connectivity index (χ1n) is 4.31. The van der Waals surface area contributed by atoms with Crippen LogP contribution in [0.15, 0.2) is 29.8 Å². The molecule has 0 aliphatic heterocycles. The highest BCUT2D eigenvalue weighted by Gasteiger charge is 2.12. The van der Waals surface area contributed by atoms with Crippen LogP contribution in [0, 0.1) is 0 Å². The minimum absolute atomic E-state index is 0.251. The Morgan fingerprint density at radius 1 is 1.38 bits per heavy atom. The molecular formula is C11H11NO. The Morgan fingerprint density at radius 3 is 2.85 bits per heavy atom. The van der Waals surface area contributed by atoms with E-state index in [0.29, 0.717) is 6.42 Å². The van der Waals surface area contributed by atoms with Gasteiger partial charge >= 0.3 is 0 Å². The Labute approximate surface area is 77.1 Å². The van der Waals surface area contributed by atoms with Gasteiger partial charge in [-0.15, -0.1) is 0 Å². The third kappa shape index (κ3) is 1.61. The maximum atomic E-state index is 10.7. The third-order valence-electron chi connectivity index (χ3n) is 2.23. The highest BCUT2D eigenvalue weighted by atomic mass is 16.1. The van der Waals surface area contributed by atoms with Crippen LogP contribution in [0.1, 0.15) is 17.5 Å². The van der Waals surface area contributed by atoms with Crippen LogP contribution in [0.2, 0.25) is 0 Å². The average molecular weight is 173 g/mol. The lowest BCUT2D eigenvalue weighted by Crippen LogP contribution is -2.11. The van der Waals surface area contributed by atoms with Crippen molar-refractivity contribution in [3.8, 4) is 0 Å². The molecular weight excluding hydrogens is 162 g/mol. The normalized spacial score (nSPS) is 13.7. The first-order chi connectivity index (χ1) is 6.25. The summed E-state index contributed by atoms with van der Waals surface area (Å²) in [7, 11) is 0. The Balaban J connectivity index is 2.21. The van der Waals surface area contributed by atoms with Crippen LogP contribution in [0.3, 0.4) is 0 Å². The molecule has 0 unspecified atom stereocenters. The van der Waals surface area contributed by atoms with Crippen molar-refractivity contribution in [2.45, 2.75) is 12.8 Å². The number of carbonyl (C=O) groups is 1. The number of carbonyl (C=O) groups excluding carboxylic acids is 1. The van der Waals surface area contributed by atoms with E-state index in [9.17, 15) is 4.79 Å². The quantitative estimate of drug-likeness (QED) is 0.723. The van der Waals surface area contributed by atoms with Crippen LogP contribution in [-0.2, 0) is 11.2 Å². The minimum atomic E-state index is -0.251. The molecule has 2 N–H and O–H groups in total. The van der Waals surface area contributed by atoms with Crippen molar-refractivity contribution < 1.29 is 4.79 Å². The van der Waals surface area contributed by atoms with Gasteiger partial charge in [-0.3, -0.25) is 4.79 Å². The number of primary amides is 1. The van der Waals surface area contributed by atoms with E-state index < -0.39 is 0 Å². The van der Waals surface area contributed by atoms with E-state index in [-0.39, 0.29) is 5.91 Å².